The quantitative estimate of drug-likeness (QED) is 0.728. The van der Waals surface area contributed by atoms with Crippen molar-refractivity contribution in [3.05, 3.63) is 54.5 Å². The van der Waals surface area contributed by atoms with Gasteiger partial charge in [-0.15, -0.1) is 5.10 Å². The van der Waals surface area contributed by atoms with Gasteiger partial charge in [-0.1, -0.05) is 35.5 Å². The van der Waals surface area contributed by atoms with E-state index < -0.39 is 11.9 Å². The van der Waals surface area contributed by atoms with Gasteiger partial charge in [-0.05, 0) is 6.07 Å². The summed E-state index contributed by atoms with van der Waals surface area (Å²) in [5.74, 6) is 0.0272. The number of rotatable bonds is 2. The van der Waals surface area contributed by atoms with E-state index in [1.807, 2.05) is 30.3 Å². The zero-order valence-corrected chi connectivity index (χ0v) is 10.5. The Bertz CT molecular complexity index is 752. The van der Waals surface area contributed by atoms with E-state index in [1.54, 1.807) is 6.07 Å². The molecule has 0 N–H and O–H groups in total. The summed E-state index contributed by atoms with van der Waals surface area (Å²) in [6.45, 7) is 0. The number of nitrogens with zero attached hydrogens (tertiary/aromatic N) is 5. The van der Waals surface area contributed by atoms with Gasteiger partial charge in [0.15, 0.2) is 5.69 Å². The van der Waals surface area contributed by atoms with Gasteiger partial charge in [0.1, 0.15) is 0 Å². The molecule has 3 rings (SSSR count). The molecule has 0 bridgehead atoms. The molecule has 0 unspecified atom stereocenters. The van der Waals surface area contributed by atoms with Gasteiger partial charge in [0.2, 0.25) is 0 Å². The van der Waals surface area contributed by atoms with Crippen LogP contribution in [0.4, 0.5) is 13.2 Å². The molecule has 0 saturated heterocycles. The van der Waals surface area contributed by atoms with Gasteiger partial charge >= 0.3 is 6.18 Å². The summed E-state index contributed by atoms with van der Waals surface area (Å²) in [7, 11) is 0. The van der Waals surface area contributed by atoms with E-state index in [9.17, 15) is 13.2 Å². The highest BCUT2D eigenvalue weighted by molar-refractivity contribution is 5.58. The lowest BCUT2D eigenvalue weighted by molar-refractivity contribution is -0.141. The summed E-state index contributed by atoms with van der Waals surface area (Å²) in [5.41, 5.74) is 0.332. The van der Waals surface area contributed by atoms with Gasteiger partial charge in [0, 0.05) is 11.8 Å². The summed E-state index contributed by atoms with van der Waals surface area (Å²) in [6.07, 6.45) is -2.33. The van der Waals surface area contributed by atoms with Crippen LogP contribution in [-0.2, 0) is 6.18 Å². The summed E-state index contributed by atoms with van der Waals surface area (Å²) in [4.78, 5) is 8.10. The first kappa shape index (κ1) is 13.2. The SMILES string of the molecule is FC(F)(F)c1cn(-c2nccc(-c3ccccc3)n2)nn1. The largest absolute Gasteiger partial charge is 0.436 e. The minimum Gasteiger partial charge on any atom is -0.220 e. The molecule has 3 aromatic rings. The van der Waals surface area contributed by atoms with Crippen molar-refractivity contribution in [3.8, 4) is 17.2 Å². The number of hydrogen-bond acceptors (Lipinski definition) is 4. The first-order chi connectivity index (χ1) is 10.0. The highest BCUT2D eigenvalue weighted by atomic mass is 19.4. The van der Waals surface area contributed by atoms with Crippen LogP contribution in [0.5, 0.6) is 0 Å². The molecule has 2 aromatic heterocycles. The second-order valence-corrected chi connectivity index (χ2v) is 4.15. The van der Waals surface area contributed by atoms with E-state index in [2.05, 4.69) is 20.3 Å². The van der Waals surface area contributed by atoms with Crippen molar-refractivity contribution >= 4 is 0 Å². The molecule has 0 saturated carbocycles. The van der Waals surface area contributed by atoms with Crippen LogP contribution in [0.2, 0.25) is 0 Å². The van der Waals surface area contributed by atoms with Crippen molar-refractivity contribution in [2.75, 3.05) is 0 Å². The third-order valence-electron chi connectivity index (χ3n) is 2.70. The van der Waals surface area contributed by atoms with Crippen molar-refractivity contribution in [2.24, 2.45) is 0 Å². The molecule has 5 nitrogen and oxygen atoms in total. The number of halogens is 3. The highest BCUT2D eigenvalue weighted by Crippen LogP contribution is 2.27. The van der Waals surface area contributed by atoms with E-state index in [1.165, 1.54) is 6.20 Å². The molecule has 0 spiro atoms. The number of hydrogen-bond donors (Lipinski definition) is 0. The van der Waals surface area contributed by atoms with Crippen LogP contribution in [-0.4, -0.2) is 25.0 Å². The predicted octanol–water partition coefficient (Wildman–Crippen LogP) is 2.74. The Morgan fingerprint density at radius 2 is 1.76 bits per heavy atom. The van der Waals surface area contributed by atoms with Crippen LogP contribution in [0.1, 0.15) is 5.69 Å². The summed E-state index contributed by atoms with van der Waals surface area (Å²) >= 11 is 0. The Labute approximate surface area is 117 Å². The van der Waals surface area contributed by atoms with Crippen LogP contribution in [0.25, 0.3) is 17.2 Å². The van der Waals surface area contributed by atoms with E-state index in [4.69, 9.17) is 0 Å². The molecule has 8 heteroatoms. The molecule has 106 valence electrons. The molecule has 0 atom stereocenters. The maximum Gasteiger partial charge on any atom is 0.436 e. The molecular formula is C13H8F3N5. The van der Waals surface area contributed by atoms with Crippen molar-refractivity contribution in [1.29, 1.82) is 0 Å². The minimum absolute atomic E-state index is 0.0272. The summed E-state index contributed by atoms with van der Waals surface area (Å²) in [6, 6.07) is 10.9. The van der Waals surface area contributed by atoms with Crippen molar-refractivity contribution in [2.45, 2.75) is 6.18 Å². The maximum absolute atomic E-state index is 12.5. The fourth-order valence-electron chi connectivity index (χ4n) is 1.72. The van der Waals surface area contributed by atoms with Crippen LogP contribution in [0.3, 0.4) is 0 Å². The number of alkyl halides is 3. The Hall–Kier alpha value is -2.77. The lowest BCUT2D eigenvalue weighted by atomic mass is 10.1. The minimum atomic E-state index is -4.55. The monoisotopic (exact) mass is 291 g/mol. The zero-order valence-electron chi connectivity index (χ0n) is 10.5. The third kappa shape index (κ3) is 2.73. The van der Waals surface area contributed by atoms with Crippen molar-refractivity contribution in [1.82, 2.24) is 25.0 Å². The van der Waals surface area contributed by atoms with Crippen molar-refractivity contribution in [3.63, 3.8) is 0 Å². The highest BCUT2D eigenvalue weighted by Gasteiger charge is 2.34. The second-order valence-electron chi connectivity index (χ2n) is 4.15. The molecule has 0 radical (unpaired) electrons. The van der Waals surface area contributed by atoms with Crippen LogP contribution >= 0.6 is 0 Å². The lowest BCUT2D eigenvalue weighted by Crippen LogP contribution is -2.05. The number of aromatic nitrogens is 5. The van der Waals surface area contributed by atoms with Gasteiger partial charge in [-0.2, -0.15) is 17.9 Å². The third-order valence-corrected chi connectivity index (χ3v) is 2.70. The van der Waals surface area contributed by atoms with E-state index in [0.29, 0.717) is 5.69 Å². The Kier molecular flexibility index (Phi) is 3.13. The molecule has 21 heavy (non-hydrogen) atoms. The molecule has 0 amide bonds. The van der Waals surface area contributed by atoms with Gasteiger partial charge in [0.25, 0.3) is 5.95 Å². The summed E-state index contributed by atoms with van der Waals surface area (Å²) < 4.78 is 38.4. The van der Waals surface area contributed by atoms with Gasteiger partial charge in [-0.25, -0.2) is 9.97 Å². The first-order valence-corrected chi connectivity index (χ1v) is 5.92. The fraction of sp³-hybridized carbons (Fsp3) is 0.0769. The average Bonchev–Trinajstić information content (AvgIpc) is 2.98. The van der Waals surface area contributed by atoms with E-state index in [-0.39, 0.29) is 5.95 Å². The first-order valence-electron chi connectivity index (χ1n) is 5.92. The molecule has 0 aliphatic heterocycles. The van der Waals surface area contributed by atoms with Gasteiger partial charge in [-0.3, -0.25) is 0 Å². The van der Waals surface area contributed by atoms with E-state index >= 15 is 0 Å². The zero-order chi connectivity index (χ0) is 14.9. The lowest BCUT2D eigenvalue weighted by Gasteiger charge is -2.03. The predicted molar refractivity (Wildman–Crippen MR) is 67.4 cm³/mol. The summed E-state index contributed by atoms with van der Waals surface area (Å²) in [5, 5.41) is 6.48. The smallest absolute Gasteiger partial charge is 0.220 e. The molecule has 0 aliphatic carbocycles. The van der Waals surface area contributed by atoms with E-state index in [0.717, 1.165) is 16.4 Å². The van der Waals surface area contributed by atoms with Gasteiger partial charge < -0.3 is 0 Å². The molecular weight excluding hydrogens is 283 g/mol. The molecule has 2 heterocycles. The molecule has 0 fully saturated rings. The Morgan fingerprint density at radius 1 is 1.00 bits per heavy atom. The van der Waals surface area contributed by atoms with Gasteiger partial charge in [0.05, 0.1) is 11.9 Å². The molecule has 1 aromatic carbocycles. The topological polar surface area (TPSA) is 56.5 Å². The Morgan fingerprint density at radius 3 is 2.43 bits per heavy atom. The standard InChI is InChI=1S/C13H8F3N5/c14-13(15,16)11-8-21(20-19-11)12-17-7-6-10(18-12)9-4-2-1-3-5-9/h1-8H. The number of benzene rings is 1. The van der Waals surface area contributed by atoms with Crippen molar-refractivity contribution < 1.29 is 13.2 Å². The molecule has 0 aliphatic rings. The van der Waals surface area contributed by atoms with Crippen LogP contribution in [0.15, 0.2) is 48.8 Å². The average molecular weight is 291 g/mol. The van der Waals surface area contributed by atoms with Crippen LogP contribution in [0, 0.1) is 0 Å². The van der Waals surface area contributed by atoms with Crippen LogP contribution < -0.4 is 0 Å². The Balaban J connectivity index is 1.99. The second kappa shape index (κ2) is 4.97. The fourth-order valence-corrected chi connectivity index (χ4v) is 1.72. The normalized spacial score (nSPS) is 11.6. The maximum atomic E-state index is 12.5.